The number of nitrogens with one attached hydrogen (secondary N) is 3. The van der Waals surface area contributed by atoms with Crippen molar-refractivity contribution in [3.8, 4) is 5.75 Å². The first-order valence-electron chi connectivity index (χ1n) is 10.9. The molecule has 0 saturated carbocycles. The topological polar surface area (TPSA) is 88.2 Å². The molecule has 0 atom stereocenters. The van der Waals surface area contributed by atoms with Crippen LogP contribution in [0.4, 0.5) is 42.0 Å². The molecule has 36 heavy (non-hydrogen) atoms. The molecule has 184 valence electrons. The van der Waals surface area contributed by atoms with Crippen molar-refractivity contribution in [1.29, 1.82) is 0 Å². The lowest BCUT2D eigenvalue weighted by Gasteiger charge is -2.11. The van der Waals surface area contributed by atoms with Gasteiger partial charge in [-0.25, -0.2) is 4.98 Å². The highest BCUT2D eigenvalue weighted by atomic mass is 19.4. The third kappa shape index (κ3) is 6.95. The zero-order valence-corrected chi connectivity index (χ0v) is 19.4. The fourth-order valence-corrected chi connectivity index (χ4v) is 3.25. The predicted octanol–water partition coefficient (Wildman–Crippen LogP) is 6.73. The second-order valence-electron chi connectivity index (χ2n) is 7.94. The van der Waals surface area contributed by atoms with Gasteiger partial charge in [-0.05, 0) is 74.5 Å². The molecule has 1 heterocycles. The van der Waals surface area contributed by atoms with Crippen LogP contribution in [0, 0.1) is 13.8 Å². The number of alkyl halides is 3. The van der Waals surface area contributed by atoms with Gasteiger partial charge in [0.05, 0.1) is 0 Å². The molecule has 0 fully saturated rings. The van der Waals surface area contributed by atoms with E-state index in [1.54, 1.807) is 24.3 Å². The summed E-state index contributed by atoms with van der Waals surface area (Å²) in [4.78, 5) is 21.3. The van der Waals surface area contributed by atoms with E-state index in [9.17, 15) is 18.0 Å². The van der Waals surface area contributed by atoms with E-state index in [4.69, 9.17) is 0 Å². The molecular weight excluding hydrogens is 471 g/mol. The highest BCUT2D eigenvalue weighted by molar-refractivity contribution is 6.04. The maximum atomic E-state index is 12.4. The number of benzene rings is 3. The zero-order chi connectivity index (χ0) is 25.7. The second kappa shape index (κ2) is 10.3. The Bertz CT molecular complexity index is 1340. The summed E-state index contributed by atoms with van der Waals surface area (Å²) < 4.78 is 40.7. The minimum Gasteiger partial charge on any atom is -0.406 e. The lowest BCUT2D eigenvalue weighted by Crippen LogP contribution is -2.17. The quantitative estimate of drug-likeness (QED) is 0.265. The van der Waals surface area contributed by atoms with Gasteiger partial charge in [0.25, 0.3) is 5.91 Å². The number of amides is 1. The van der Waals surface area contributed by atoms with Gasteiger partial charge in [0, 0.05) is 34.4 Å². The molecule has 0 aliphatic carbocycles. The highest BCUT2D eigenvalue weighted by Crippen LogP contribution is 2.24. The summed E-state index contributed by atoms with van der Waals surface area (Å²) in [6.45, 7) is 3.89. The first-order valence-corrected chi connectivity index (χ1v) is 10.9. The van der Waals surface area contributed by atoms with E-state index in [1.165, 1.54) is 12.1 Å². The fourth-order valence-electron chi connectivity index (χ4n) is 3.25. The number of ether oxygens (including phenoxy) is 1. The molecule has 4 rings (SSSR count). The zero-order valence-electron chi connectivity index (χ0n) is 19.4. The third-order valence-corrected chi connectivity index (χ3v) is 4.93. The van der Waals surface area contributed by atoms with Crippen molar-refractivity contribution in [2.24, 2.45) is 0 Å². The summed E-state index contributed by atoms with van der Waals surface area (Å²) in [7, 11) is 0. The average molecular weight is 493 g/mol. The van der Waals surface area contributed by atoms with Crippen molar-refractivity contribution in [1.82, 2.24) is 9.97 Å². The van der Waals surface area contributed by atoms with Crippen LogP contribution in [0.25, 0.3) is 0 Å². The Morgan fingerprint density at radius 3 is 2.00 bits per heavy atom. The van der Waals surface area contributed by atoms with Crippen LogP contribution >= 0.6 is 0 Å². The molecule has 1 aromatic heterocycles. The van der Waals surface area contributed by atoms with Crippen LogP contribution in [-0.4, -0.2) is 22.2 Å². The molecule has 4 aromatic rings. The van der Waals surface area contributed by atoms with Crippen LogP contribution in [0.15, 0.2) is 78.9 Å². The summed E-state index contributed by atoms with van der Waals surface area (Å²) in [5, 5.41) is 9.09. The summed E-state index contributed by atoms with van der Waals surface area (Å²) >= 11 is 0. The Hall–Kier alpha value is -4.60. The minimum absolute atomic E-state index is 0.188. The number of rotatable bonds is 7. The third-order valence-electron chi connectivity index (χ3n) is 4.93. The number of halogens is 3. The van der Waals surface area contributed by atoms with Crippen LogP contribution in [0.2, 0.25) is 0 Å². The van der Waals surface area contributed by atoms with Crippen LogP contribution < -0.4 is 20.7 Å². The molecule has 0 radical (unpaired) electrons. The van der Waals surface area contributed by atoms with Crippen molar-refractivity contribution in [3.63, 3.8) is 0 Å². The first kappa shape index (κ1) is 24.5. The van der Waals surface area contributed by atoms with Gasteiger partial charge in [0.15, 0.2) is 0 Å². The molecule has 0 unspecified atom stereocenters. The van der Waals surface area contributed by atoms with Gasteiger partial charge in [0.1, 0.15) is 11.6 Å². The number of nitrogens with zero attached hydrogens (tertiary/aromatic N) is 2. The van der Waals surface area contributed by atoms with Crippen LogP contribution in [0.5, 0.6) is 5.75 Å². The maximum Gasteiger partial charge on any atom is 0.573 e. The molecule has 0 aliphatic heterocycles. The second-order valence-corrected chi connectivity index (χ2v) is 7.94. The van der Waals surface area contributed by atoms with E-state index in [2.05, 4.69) is 30.7 Å². The maximum absolute atomic E-state index is 12.4. The summed E-state index contributed by atoms with van der Waals surface area (Å²) in [6, 6.07) is 21.3. The van der Waals surface area contributed by atoms with Crippen LogP contribution in [0.3, 0.4) is 0 Å². The number of aryl methyl sites for hydroxylation is 2. The molecule has 10 heteroatoms. The van der Waals surface area contributed by atoms with E-state index in [0.29, 0.717) is 23.1 Å². The van der Waals surface area contributed by atoms with E-state index in [-0.39, 0.29) is 5.56 Å². The van der Waals surface area contributed by atoms with Crippen molar-refractivity contribution in [2.75, 3.05) is 16.0 Å². The Kier molecular flexibility index (Phi) is 7.05. The molecule has 1 amide bonds. The summed E-state index contributed by atoms with van der Waals surface area (Å²) in [5.41, 5.74) is 4.25. The number of carbonyl (C=O) groups excluding carboxylic acids is 1. The van der Waals surface area contributed by atoms with Crippen molar-refractivity contribution >= 4 is 34.7 Å². The monoisotopic (exact) mass is 493 g/mol. The van der Waals surface area contributed by atoms with Crippen molar-refractivity contribution in [2.45, 2.75) is 20.2 Å². The standard InChI is InChI=1S/C26H22F3N5O2/c1-16-3-7-19(8-4-16)31-23-15-17(2)30-25(34-23)33-21-11-9-20(10-12-21)32-24(35)18-5-13-22(14-6-18)36-26(27,28)29/h3-15H,1-2H3,(H,32,35)(H2,30,31,33,34). The fraction of sp³-hybridized carbons (Fsp3) is 0.115. The smallest absolute Gasteiger partial charge is 0.406 e. The Morgan fingerprint density at radius 2 is 1.36 bits per heavy atom. The van der Waals surface area contributed by atoms with Gasteiger partial charge in [-0.2, -0.15) is 4.98 Å². The predicted molar refractivity (Wildman–Crippen MR) is 132 cm³/mol. The Labute approximate surface area is 205 Å². The SMILES string of the molecule is Cc1ccc(Nc2cc(C)nc(Nc3ccc(NC(=O)c4ccc(OC(F)(F)F)cc4)cc3)n2)cc1. The van der Waals surface area contributed by atoms with Gasteiger partial charge in [-0.3, -0.25) is 4.79 Å². The Balaban J connectivity index is 1.38. The van der Waals surface area contributed by atoms with E-state index < -0.39 is 18.0 Å². The number of hydrogen-bond acceptors (Lipinski definition) is 6. The van der Waals surface area contributed by atoms with Gasteiger partial charge in [0.2, 0.25) is 5.95 Å². The average Bonchev–Trinajstić information content (AvgIpc) is 2.81. The van der Waals surface area contributed by atoms with Gasteiger partial charge < -0.3 is 20.7 Å². The molecule has 0 aliphatic rings. The Morgan fingerprint density at radius 1 is 0.778 bits per heavy atom. The summed E-state index contributed by atoms with van der Waals surface area (Å²) in [6.07, 6.45) is -4.79. The number of aromatic nitrogens is 2. The molecule has 7 nitrogen and oxygen atoms in total. The molecule has 0 spiro atoms. The van der Waals surface area contributed by atoms with Gasteiger partial charge >= 0.3 is 6.36 Å². The van der Waals surface area contributed by atoms with E-state index >= 15 is 0 Å². The number of anilines is 5. The lowest BCUT2D eigenvalue weighted by atomic mass is 10.2. The molecule has 0 saturated heterocycles. The number of hydrogen-bond donors (Lipinski definition) is 3. The van der Waals surface area contributed by atoms with Gasteiger partial charge in [-0.1, -0.05) is 17.7 Å². The van der Waals surface area contributed by atoms with E-state index in [1.807, 2.05) is 44.2 Å². The summed E-state index contributed by atoms with van der Waals surface area (Å²) in [5.74, 6) is 0.181. The first-order chi connectivity index (χ1) is 17.1. The molecule has 0 bridgehead atoms. The molecular formula is C26H22F3N5O2. The molecule has 3 aromatic carbocycles. The number of carbonyl (C=O) groups is 1. The molecule has 3 N–H and O–H groups in total. The van der Waals surface area contributed by atoms with Crippen LogP contribution in [0.1, 0.15) is 21.6 Å². The van der Waals surface area contributed by atoms with Crippen LogP contribution in [-0.2, 0) is 0 Å². The van der Waals surface area contributed by atoms with E-state index in [0.717, 1.165) is 29.1 Å². The lowest BCUT2D eigenvalue weighted by molar-refractivity contribution is -0.274. The van der Waals surface area contributed by atoms with Crippen molar-refractivity contribution < 1.29 is 22.7 Å². The minimum atomic E-state index is -4.79. The normalized spacial score (nSPS) is 11.0. The van der Waals surface area contributed by atoms with Gasteiger partial charge in [-0.15, -0.1) is 13.2 Å². The largest absolute Gasteiger partial charge is 0.573 e. The highest BCUT2D eigenvalue weighted by Gasteiger charge is 2.31. The van der Waals surface area contributed by atoms with Crippen molar-refractivity contribution in [3.05, 3.63) is 95.7 Å².